The Hall–Kier alpha value is -1.59. The van der Waals surface area contributed by atoms with Crippen molar-refractivity contribution < 1.29 is 19.0 Å². The summed E-state index contributed by atoms with van der Waals surface area (Å²) in [5, 5.41) is 0. The Bertz CT molecular complexity index is 441. The summed E-state index contributed by atoms with van der Waals surface area (Å²) < 4.78 is 15.8. The third-order valence-electron chi connectivity index (χ3n) is 3.22. The Morgan fingerprint density at radius 3 is 2.84 bits per heavy atom. The number of ether oxygens (including phenoxy) is 3. The van der Waals surface area contributed by atoms with Gasteiger partial charge in [0, 0.05) is 18.9 Å². The molecular weight excluding hydrogens is 246 g/mol. The van der Waals surface area contributed by atoms with Gasteiger partial charge in [-0.1, -0.05) is 12.1 Å². The summed E-state index contributed by atoms with van der Waals surface area (Å²) >= 11 is 0. The number of anilines is 1. The lowest BCUT2D eigenvalue weighted by Gasteiger charge is -2.23. The number of hydrogen-bond donors (Lipinski definition) is 1. The summed E-state index contributed by atoms with van der Waals surface area (Å²) in [7, 11) is 1.35. The molecule has 5 heteroatoms. The van der Waals surface area contributed by atoms with Crippen LogP contribution in [-0.2, 0) is 20.8 Å². The SMILES string of the molecule is COC(=O)c1c(N)cccc1COC1CCOCC1. The van der Waals surface area contributed by atoms with E-state index in [1.54, 1.807) is 6.07 Å². The Kier molecular flexibility index (Phi) is 4.76. The van der Waals surface area contributed by atoms with Gasteiger partial charge in [0.2, 0.25) is 0 Å². The molecule has 0 saturated carbocycles. The van der Waals surface area contributed by atoms with E-state index >= 15 is 0 Å². The molecule has 1 aromatic carbocycles. The second-order valence-corrected chi connectivity index (χ2v) is 4.50. The van der Waals surface area contributed by atoms with E-state index in [9.17, 15) is 4.79 Å². The molecule has 0 aromatic heterocycles. The highest BCUT2D eigenvalue weighted by molar-refractivity contribution is 5.96. The van der Waals surface area contributed by atoms with Crippen LogP contribution in [0, 0.1) is 0 Å². The number of benzene rings is 1. The van der Waals surface area contributed by atoms with Crippen LogP contribution in [0.5, 0.6) is 0 Å². The first-order chi connectivity index (χ1) is 9.22. The summed E-state index contributed by atoms with van der Waals surface area (Å²) in [5.74, 6) is -0.427. The van der Waals surface area contributed by atoms with Crippen molar-refractivity contribution in [2.24, 2.45) is 0 Å². The van der Waals surface area contributed by atoms with E-state index in [0.29, 0.717) is 17.9 Å². The van der Waals surface area contributed by atoms with Crippen molar-refractivity contribution in [1.29, 1.82) is 0 Å². The molecule has 0 spiro atoms. The van der Waals surface area contributed by atoms with Gasteiger partial charge in [0.25, 0.3) is 0 Å². The van der Waals surface area contributed by atoms with Crippen LogP contribution in [0.2, 0.25) is 0 Å². The van der Waals surface area contributed by atoms with Gasteiger partial charge in [0.15, 0.2) is 0 Å². The lowest BCUT2D eigenvalue weighted by molar-refractivity contribution is -0.0392. The molecule has 0 aliphatic carbocycles. The van der Waals surface area contributed by atoms with Gasteiger partial charge in [-0.2, -0.15) is 0 Å². The molecule has 0 unspecified atom stereocenters. The predicted octanol–water partition coefficient (Wildman–Crippen LogP) is 1.75. The molecule has 0 radical (unpaired) electrons. The zero-order chi connectivity index (χ0) is 13.7. The summed E-state index contributed by atoms with van der Waals surface area (Å²) in [4.78, 5) is 11.7. The quantitative estimate of drug-likeness (QED) is 0.663. The smallest absolute Gasteiger partial charge is 0.340 e. The minimum absolute atomic E-state index is 0.181. The molecule has 19 heavy (non-hydrogen) atoms. The van der Waals surface area contributed by atoms with Crippen LogP contribution in [0.4, 0.5) is 5.69 Å². The Morgan fingerprint density at radius 1 is 1.42 bits per heavy atom. The van der Waals surface area contributed by atoms with E-state index in [2.05, 4.69) is 0 Å². The highest BCUT2D eigenvalue weighted by Gasteiger charge is 2.18. The summed E-state index contributed by atoms with van der Waals surface area (Å²) in [6.07, 6.45) is 1.95. The van der Waals surface area contributed by atoms with Crippen molar-refractivity contribution in [2.75, 3.05) is 26.1 Å². The summed E-state index contributed by atoms with van der Waals surface area (Å²) in [6.45, 7) is 1.82. The first-order valence-electron chi connectivity index (χ1n) is 6.37. The second-order valence-electron chi connectivity index (χ2n) is 4.50. The molecule has 0 bridgehead atoms. The zero-order valence-corrected chi connectivity index (χ0v) is 11.1. The molecule has 104 valence electrons. The van der Waals surface area contributed by atoms with E-state index in [4.69, 9.17) is 19.9 Å². The largest absolute Gasteiger partial charge is 0.465 e. The van der Waals surface area contributed by atoms with E-state index in [-0.39, 0.29) is 6.10 Å². The predicted molar refractivity (Wildman–Crippen MR) is 70.8 cm³/mol. The van der Waals surface area contributed by atoms with Gasteiger partial charge >= 0.3 is 5.97 Å². The summed E-state index contributed by atoms with van der Waals surface area (Å²) in [5.41, 5.74) is 7.41. The van der Waals surface area contributed by atoms with Crippen LogP contribution < -0.4 is 5.73 Å². The van der Waals surface area contributed by atoms with Crippen molar-refractivity contribution in [3.05, 3.63) is 29.3 Å². The summed E-state index contributed by atoms with van der Waals surface area (Å²) in [6, 6.07) is 5.33. The fourth-order valence-corrected chi connectivity index (χ4v) is 2.14. The van der Waals surface area contributed by atoms with E-state index in [1.165, 1.54) is 7.11 Å². The van der Waals surface area contributed by atoms with E-state index in [1.807, 2.05) is 12.1 Å². The average Bonchev–Trinajstić information content (AvgIpc) is 2.45. The van der Waals surface area contributed by atoms with Crippen LogP contribution in [0.3, 0.4) is 0 Å². The Morgan fingerprint density at radius 2 is 2.16 bits per heavy atom. The molecule has 5 nitrogen and oxygen atoms in total. The number of nitrogens with two attached hydrogens (primary N) is 1. The molecule has 0 amide bonds. The third kappa shape index (κ3) is 3.45. The molecule has 1 fully saturated rings. The van der Waals surface area contributed by atoms with E-state index in [0.717, 1.165) is 31.6 Å². The number of esters is 1. The molecule has 2 rings (SSSR count). The number of nitrogen functional groups attached to an aromatic ring is 1. The molecule has 1 saturated heterocycles. The average molecular weight is 265 g/mol. The standard InChI is InChI=1S/C14H19NO4/c1-17-14(16)13-10(3-2-4-12(13)15)9-19-11-5-7-18-8-6-11/h2-4,11H,5-9,15H2,1H3. The maximum absolute atomic E-state index is 11.7. The van der Waals surface area contributed by atoms with Gasteiger partial charge < -0.3 is 19.9 Å². The fraction of sp³-hybridized carbons (Fsp3) is 0.500. The Labute approximate surface area is 112 Å². The van der Waals surface area contributed by atoms with Crippen LogP contribution in [0.1, 0.15) is 28.8 Å². The van der Waals surface area contributed by atoms with Gasteiger partial charge in [0.05, 0.1) is 25.4 Å². The van der Waals surface area contributed by atoms with Gasteiger partial charge in [-0.25, -0.2) is 4.79 Å². The molecule has 1 aliphatic heterocycles. The van der Waals surface area contributed by atoms with Crippen molar-refractivity contribution >= 4 is 11.7 Å². The maximum atomic E-state index is 11.7. The van der Waals surface area contributed by atoms with Crippen LogP contribution in [-0.4, -0.2) is 32.4 Å². The van der Waals surface area contributed by atoms with Gasteiger partial charge in [0.1, 0.15) is 0 Å². The number of rotatable bonds is 4. The second kappa shape index (κ2) is 6.54. The highest BCUT2D eigenvalue weighted by atomic mass is 16.5. The maximum Gasteiger partial charge on any atom is 0.340 e. The minimum atomic E-state index is -0.427. The first kappa shape index (κ1) is 13.8. The van der Waals surface area contributed by atoms with Crippen molar-refractivity contribution in [3.8, 4) is 0 Å². The topological polar surface area (TPSA) is 70.8 Å². The molecule has 2 N–H and O–H groups in total. The highest BCUT2D eigenvalue weighted by Crippen LogP contribution is 2.21. The van der Waals surface area contributed by atoms with Crippen LogP contribution >= 0.6 is 0 Å². The van der Waals surface area contributed by atoms with Gasteiger partial charge in [-0.05, 0) is 24.5 Å². The lowest BCUT2D eigenvalue weighted by atomic mass is 10.1. The van der Waals surface area contributed by atoms with Crippen LogP contribution in [0.15, 0.2) is 18.2 Å². The molecule has 1 aromatic rings. The zero-order valence-electron chi connectivity index (χ0n) is 11.1. The monoisotopic (exact) mass is 265 g/mol. The van der Waals surface area contributed by atoms with E-state index < -0.39 is 5.97 Å². The molecular formula is C14H19NO4. The van der Waals surface area contributed by atoms with Gasteiger partial charge in [-0.15, -0.1) is 0 Å². The number of carbonyl (C=O) groups excluding carboxylic acids is 1. The third-order valence-corrected chi connectivity index (χ3v) is 3.22. The number of carbonyl (C=O) groups is 1. The number of hydrogen-bond acceptors (Lipinski definition) is 5. The van der Waals surface area contributed by atoms with Crippen LogP contribution in [0.25, 0.3) is 0 Å². The van der Waals surface area contributed by atoms with Crippen molar-refractivity contribution in [2.45, 2.75) is 25.6 Å². The Balaban J connectivity index is 2.06. The van der Waals surface area contributed by atoms with Crippen molar-refractivity contribution in [1.82, 2.24) is 0 Å². The van der Waals surface area contributed by atoms with Crippen molar-refractivity contribution in [3.63, 3.8) is 0 Å². The minimum Gasteiger partial charge on any atom is -0.465 e. The lowest BCUT2D eigenvalue weighted by Crippen LogP contribution is -2.23. The fourth-order valence-electron chi connectivity index (χ4n) is 2.14. The van der Waals surface area contributed by atoms with Gasteiger partial charge in [-0.3, -0.25) is 0 Å². The molecule has 1 heterocycles. The molecule has 1 aliphatic rings. The first-order valence-corrected chi connectivity index (χ1v) is 6.37. The normalized spacial score (nSPS) is 16.3. The number of methoxy groups -OCH3 is 1. The molecule has 0 atom stereocenters.